The topological polar surface area (TPSA) is 70.7 Å². The van der Waals surface area contributed by atoms with Crippen molar-refractivity contribution < 1.29 is 9.90 Å². The summed E-state index contributed by atoms with van der Waals surface area (Å²) in [6.45, 7) is 7.10. The molecule has 0 spiro atoms. The first-order valence-corrected chi connectivity index (χ1v) is 7.21. The van der Waals surface area contributed by atoms with Gasteiger partial charge in [0.2, 0.25) is 5.78 Å². The Labute approximate surface area is 123 Å². The Bertz CT molecular complexity index is 709. The molecular weight excluding hydrogens is 268 g/mol. The van der Waals surface area contributed by atoms with E-state index in [4.69, 9.17) is 0 Å². The summed E-state index contributed by atoms with van der Waals surface area (Å²) < 4.78 is 1.95. The zero-order valence-electron chi connectivity index (χ0n) is 12.6. The van der Waals surface area contributed by atoms with Crippen molar-refractivity contribution >= 4 is 11.7 Å². The van der Waals surface area contributed by atoms with Crippen LogP contribution in [0.4, 0.5) is 0 Å². The molecule has 1 aliphatic rings. The lowest BCUT2D eigenvalue weighted by atomic mass is 9.99. The van der Waals surface area contributed by atoms with Gasteiger partial charge >= 0.3 is 5.97 Å². The van der Waals surface area contributed by atoms with Crippen LogP contribution < -0.4 is 0 Å². The van der Waals surface area contributed by atoms with E-state index in [0.717, 1.165) is 30.0 Å². The van der Waals surface area contributed by atoms with Crippen LogP contribution in [0, 0.1) is 13.8 Å². The second-order valence-electron chi connectivity index (χ2n) is 6.05. The van der Waals surface area contributed by atoms with Gasteiger partial charge in [-0.15, -0.1) is 0 Å². The maximum absolute atomic E-state index is 11.5. The zero-order valence-corrected chi connectivity index (χ0v) is 12.6. The van der Waals surface area contributed by atoms with Crippen LogP contribution in [0.3, 0.4) is 0 Å². The van der Waals surface area contributed by atoms with Gasteiger partial charge in [0.25, 0.3) is 0 Å². The van der Waals surface area contributed by atoms with Crippen molar-refractivity contribution in [3.63, 3.8) is 0 Å². The van der Waals surface area contributed by atoms with Crippen LogP contribution in [0.5, 0.6) is 0 Å². The third kappa shape index (κ3) is 2.29. The summed E-state index contributed by atoms with van der Waals surface area (Å²) in [4.78, 5) is 22.5. The molecule has 2 aromatic heterocycles. The number of hydrogen-bond donors (Lipinski definition) is 1. The van der Waals surface area contributed by atoms with Crippen molar-refractivity contribution in [2.45, 2.75) is 45.7 Å². The van der Waals surface area contributed by atoms with Crippen LogP contribution in [0.15, 0.2) is 12.3 Å². The fourth-order valence-corrected chi connectivity index (χ4v) is 3.10. The molecule has 0 aromatic carbocycles. The third-order valence-electron chi connectivity index (χ3n) is 4.41. The molecule has 0 amide bonds. The quantitative estimate of drug-likeness (QED) is 0.932. The second-order valence-corrected chi connectivity index (χ2v) is 6.05. The molecule has 1 unspecified atom stereocenters. The molecule has 0 saturated carbocycles. The van der Waals surface area contributed by atoms with Crippen molar-refractivity contribution in [3.05, 3.63) is 29.3 Å². The number of aryl methyl sites for hydroxylation is 2. The number of imidazole rings is 1. The minimum Gasteiger partial charge on any atom is -0.480 e. The number of rotatable bonds is 3. The zero-order chi connectivity index (χ0) is 15.2. The Balaban J connectivity index is 1.92. The molecule has 6 nitrogen and oxygen atoms in total. The second kappa shape index (κ2) is 4.80. The molecule has 21 heavy (non-hydrogen) atoms. The van der Waals surface area contributed by atoms with E-state index in [9.17, 15) is 9.90 Å². The monoisotopic (exact) mass is 288 g/mol. The van der Waals surface area contributed by atoms with E-state index in [-0.39, 0.29) is 0 Å². The summed E-state index contributed by atoms with van der Waals surface area (Å²) in [5.41, 5.74) is 2.10. The summed E-state index contributed by atoms with van der Waals surface area (Å²) >= 11 is 0. The normalized spacial score (nSPS) is 23.0. The molecule has 0 aliphatic carbocycles. The van der Waals surface area contributed by atoms with Gasteiger partial charge < -0.3 is 5.11 Å². The fraction of sp³-hybridized carbons (Fsp3) is 0.533. The lowest BCUT2D eigenvalue weighted by Crippen LogP contribution is -2.47. The molecule has 1 aliphatic heterocycles. The number of carboxylic acid groups (broad SMARTS) is 1. The average molecular weight is 288 g/mol. The lowest BCUT2D eigenvalue weighted by molar-refractivity contribution is -0.148. The van der Waals surface area contributed by atoms with Crippen LogP contribution in [-0.4, -0.2) is 42.4 Å². The highest BCUT2D eigenvalue weighted by Crippen LogP contribution is 2.30. The Kier molecular flexibility index (Phi) is 3.20. The molecule has 0 bridgehead atoms. The molecule has 2 aromatic rings. The van der Waals surface area contributed by atoms with Gasteiger partial charge in [0.05, 0.1) is 5.69 Å². The van der Waals surface area contributed by atoms with Crippen molar-refractivity contribution in [2.75, 3.05) is 6.54 Å². The highest BCUT2D eigenvalue weighted by atomic mass is 16.4. The first-order chi connectivity index (χ1) is 9.90. The molecule has 1 N–H and O–H groups in total. The van der Waals surface area contributed by atoms with Gasteiger partial charge in [0.15, 0.2) is 0 Å². The number of nitrogens with zero attached hydrogens (tertiary/aromatic N) is 4. The van der Waals surface area contributed by atoms with Gasteiger partial charge in [0.1, 0.15) is 5.54 Å². The van der Waals surface area contributed by atoms with Crippen molar-refractivity contribution in [1.82, 2.24) is 19.3 Å². The van der Waals surface area contributed by atoms with Gasteiger partial charge in [-0.1, -0.05) is 0 Å². The molecular formula is C15H20N4O2. The SMILES string of the molecule is Cc1cc(C)n2cc(CN3CCCC3(C)C(=O)O)nc2n1. The number of aliphatic carboxylic acids is 1. The van der Waals surface area contributed by atoms with Gasteiger partial charge in [-0.05, 0) is 46.2 Å². The molecule has 1 saturated heterocycles. The van der Waals surface area contributed by atoms with Gasteiger partial charge in [0, 0.05) is 24.1 Å². The average Bonchev–Trinajstić information content (AvgIpc) is 2.95. The maximum Gasteiger partial charge on any atom is 0.323 e. The Morgan fingerprint density at radius 1 is 1.43 bits per heavy atom. The number of hydrogen-bond acceptors (Lipinski definition) is 4. The first kappa shape index (κ1) is 14.0. The van der Waals surface area contributed by atoms with E-state index in [1.165, 1.54) is 0 Å². The molecule has 3 heterocycles. The summed E-state index contributed by atoms with van der Waals surface area (Å²) in [5.74, 6) is -0.0763. The van der Waals surface area contributed by atoms with Crippen molar-refractivity contribution in [1.29, 1.82) is 0 Å². The number of carbonyl (C=O) groups is 1. The Morgan fingerprint density at radius 3 is 2.90 bits per heavy atom. The van der Waals surface area contributed by atoms with Crippen LogP contribution in [0.2, 0.25) is 0 Å². The summed E-state index contributed by atoms with van der Waals surface area (Å²) in [5, 5.41) is 9.46. The number of fused-ring (bicyclic) bond motifs is 1. The van der Waals surface area contributed by atoms with Gasteiger partial charge in [-0.25, -0.2) is 9.97 Å². The van der Waals surface area contributed by atoms with Crippen LogP contribution in [0.25, 0.3) is 5.78 Å². The number of carboxylic acids is 1. The highest BCUT2D eigenvalue weighted by Gasteiger charge is 2.43. The molecule has 6 heteroatoms. The standard InChI is InChI=1S/C15H20N4O2/c1-10-7-11(2)19-9-12(17-14(19)16-10)8-18-6-4-5-15(18,3)13(20)21/h7,9H,4-6,8H2,1-3H3,(H,20,21). The van der Waals surface area contributed by atoms with Crippen molar-refractivity contribution in [3.8, 4) is 0 Å². The third-order valence-corrected chi connectivity index (χ3v) is 4.41. The fourth-order valence-electron chi connectivity index (χ4n) is 3.10. The molecule has 112 valence electrons. The van der Waals surface area contributed by atoms with E-state index < -0.39 is 11.5 Å². The van der Waals surface area contributed by atoms with Gasteiger partial charge in [-0.2, -0.15) is 0 Å². The predicted octanol–water partition coefficient (Wildman–Crippen LogP) is 1.79. The summed E-state index contributed by atoms with van der Waals surface area (Å²) in [6.07, 6.45) is 3.55. The summed E-state index contributed by atoms with van der Waals surface area (Å²) in [6, 6.07) is 2.01. The van der Waals surface area contributed by atoms with E-state index >= 15 is 0 Å². The molecule has 3 rings (SSSR count). The Morgan fingerprint density at radius 2 is 2.19 bits per heavy atom. The maximum atomic E-state index is 11.5. The van der Waals surface area contributed by atoms with E-state index in [1.54, 1.807) is 6.92 Å². The number of aromatic nitrogens is 3. The van der Waals surface area contributed by atoms with Crippen LogP contribution >= 0.6 is 0 Å². The molecule has 1 atom stereocenters. The Hall–Kier alpha value is -1.95. The van der Waals surface area contributed by atoms with Gasteiger partial charge in [-0.3, -0.25) is 14.1 Å². The molecule has 1 fully saturated rings. The lowest BCUT2D eigenvalue weighted by Gasteiger charge is -2.30. The smallest absolute Gasteiger partial charge is 0.323 e. The highest BCUT2D eigenvalue weighted by molar-refractivity contribution is 5.78. The number of likely N-dealkylation sites (tertiary alicyclic amines) is 1. The van der Waals surface area contributed by atoms with E-state index in [1.807, 2.05) is 35.4 Å². The minimum atomic E-state index is -0.784. The van der Waals surface area contributed by atoms with Crippen LogP contribution in [-0.2, 0) is 11.3 Å². The first-order valence-electron chi connectivity index (χ1n) is 7.21. The molecule has 0 radical (unpaired) electrons. The minimum absolute atomic E-state index is 0.546. The van der Waals surface area contributed by atoms with Crippen LogP contribution in [0.1, 0.15) is 36.8 Å². The summed E-state index contributed by atoms with van der Waals surface area (Å²) in [7, 11) is 0. The van der Waals surface area contributed by atoms with E-state index in [2.05, 4.69) is 9.97 Å². The largest absolute Gasteiger partial charge is 0.480 e. The van der Waals surface area contributed by atoms with Crippen molar-refractivity contribution in [2.24, 2.45) is 0 Å². The predicted molar refractivity (Wildman–Crippen MR) is 78.1 cm³/mol. The van der Waals surface area contributed by atoms with E-state index in [0.29, 0.717) is 18.7 Å².